The summed E-state index contributed by atoms with van der Waals surface area (Å²) in [7, 11) is 0. The van der Waals surface area contributed by atoms with Gasteiger partial charge in [0.05, 0.1) is 0 Å². The summed E-state index contributed by atoms with van der Waals surface area (Å²) in [5.74, 6) is 2.07. The van der Waals surface area contributed by atoms with E-state index in [1.807, 2.05) is 6.92 Å². The topological polar surface area (TPSA) is 56.7 Å². The first-order valence-electron chi connectivity index (χ1n) is 8.35. The minimum Gasteiger partial charge on any atom is -0.396 e. The minimum atomic E-state index is 0. The molecule has 1 aliphatic carbocycles. The van der Waals surface area contributed by atoms with E-state index < -0.39 is 0 Å². The van der Waals surface area contributed by atoms with Crippen LogP contribution in [0.15, 0.2) is 4.99 Å². The molecule has 1 fully saturated rings. The van der Waals surface area contributed by atoms with Gasteiger partial charge in [-0.05, 0) is 44.4 Å². The van der Waals surface area contributed by atoms with Crippen molar-refractivity contribution in [3.05, 3.63) is 0 Å². The maximum Gasteiger partial charge on any atom is 0.191 e. The standard InChI is InChI=1S/C16H33N3O.HI/c1-4-6-14-7-9-15(10-8-14)19-16(17-5-2)18-11-13(3)12-20;/h13-15,20H,4-12H2,1-3H3,(H2,17,18,19);1H. The zero-order valence-corrected chi connectivity index (χ0v) is 16.2. The highest BCUT2D eigenvalue weighted by molar-refractivity contribution is 14.0. The number of aliphatic hydroxyl groups excluding tert-OH is 1. The van der Waals surface area contributed by atoms with Crippen LogP contribution < -0.4 is 10.6 Å². The van der Waals surface area contributed by atoms with Crippen LogP contribution in [0.2, 0.25) is 0 Å². The van der Waals surface area contributed by atoms with Gasteiger partial charge < -0.3 is 15.7 Å². The van der Waals surface area contributed by atoms with Crippen LogP contribution in [0.1, 0.15) is 59.3 Å². The SMILES string of the molecule is CCCC1CCC(NC(=NCC(C)CO)NCC)CC1.I. The van der Waals surface area contributed by atoms with Gasteiger partial charge in [0.2, 0.25) is 0 Å². The molecule has 0 aliphatic heterocycles. The third-order valence-electron chi connectivity index (χ3n) is 4.10. The molecule has 126 valence electrons. The van der Waals surface area contributed by atoms with Crippen LogP contribution in [0.3, 0.4) is 0 Å². The molecule has 0 saturated heterocycles. The monoisotopic (exact) mass is 411 g/mol. The summed E-state index contributed by atoms with van der Waals surface area (Å²) >= 11 is 0. The van der Waals surface area contributed by atoms with E-state index in [1.54, 1.807) is 0 Å². The Morgan fingerprint density at radius 3 is 2.43 bits per heavy atom. The van der Waals surface area contributed by atoms with E-state index in [0.29, 0.717) is 12.6 Å². The number of aliphatic imine (C=N–C) groups is 1. The van der Waals surface area contributed by atoms with Crippen LogP contribution in [0, 0.1) is 11.8 Å². The van der Waals surface area contributed by atoms with Crippen LogP contribution in [-0.4, -0.2) is 36.8 Å². The number of hydrogen-bond acceptors (Lipinski definition) is 2. The van der Waals surface area contributed by atoms with Crippen LogP contribution in [0.25, 0.3) is 0 Å². The lowest BCUT2D eigenvalue weighted by atomic mass is 9.83. The average Bonchev–Trinajstić information content (AvgIpc) is 2.47. The molecule has 1 unspecified atom stereocenters. The van der Waals surface area contributed by atoms with E-state index in [4.69, 9.17) is 5.11 Å². The fraction of sp³-hybridized carbons (Fsp3) is 0.938. The summed E-state index contributed by atoms with van der Waals surface area (Å²) in [5.41, 5.74) is 0. The molecule has 0 radical (unpaired) electrons. The highest BCUT2D eigenvalue weighted by atomic mass is 127. The summed E-state index contributed by atoms with van der Waals surface area (Å²) in [4.78, 5) is 4.57. The molecule has 1 aliphatic rings. The highest BCUT2D eigenvalue weighted by Crippen LogP contribution is 2.27. The summed E-state index contributed by atoms with van der Waals surface area (Å²) in [5, 5.41) is 15.9. The Morgan fingerprint density at radius 2 is 1.90 bits per heavy atom. The molecule has 0 aromatic carbocycles. The molecule has 1 saturated carbocycles. The lowest BCUT2D eigenvalue weighted by Gasteiger charge is -2.30. The van der Waals surface area contributed by atoms with Crippen molar-refractivity contribution >= 4 is 29.9 Å². The number of halogens is 1. The molecule has 21 heavy (non-hydrogen) atoms. The van der Waals surface area contributed by atoms with Crippen molar-refractivity contribution < 1.29 is 5.11 Å². The number of aliphatic hydroxyl groups is 1. The number of nitrogens with zero attached hydrogens (tertiary/aromatic N) is 1. The number of guanidine groups is 1. The van der Waals surface area contributed by atoms with Gasteiger partial charge in [-0.1, -0.05) is 26.7 Å². The number of hydrogen-bond donors (Lipinski definition) is 3. The van der Waals surface area contributed by atoms with Gasteiger partial charge in [0, 0.05) is 25.7 Å². The van der Waals surface area contributed by atoms with E-state index in [2.05, 4.69) is 29.5 Å². The Bertz CT molecular complexity index is 279. The highest BCUT2D eigenvalue weighted by Gasteiger charge is 2.21. The zero-order chi connectivity index (χ0) is 14.8. The molecule has 5 heteroatoms. The van der Waals surface area contributed by atoms with Crippen LogP contribution in [0.4, 0.5) is 0 Å². The summed E-state index contributed by atoms with van der Waals surface area (Å²) < 4.78 is 0. The molecule has 0 aromatic rings. The summed E-state index contributed by atoms with van der Waals surface area (Å²) in [6, 6.07) is 0.560. The van der Waals surface area contributed by atoms with Gasteiger partial charge in [-0.2, -0.15) is 0 Å². The van der Waals surface area contributed by atoms with Crippen LogP contribution in [0.5, 0.6) is 0 Å². The van der Waals surface area contributed by atoms with Crippen molar-refractivity contribution in [3.8, 4) is 0 Å². The van der Waals surface area contributed by atoms with Gasteiger partial charge in [0.25, 0.3) is 0 Å². The number of nitrogens with one attached hydrogen (secondary N) is 2. The summed E-state index contributed by atoms with van der Waals surface area (Å²) in [6.07, 6.45) is 7.89. The normalized spacial score (nSPS) is 24.1. The average molecular weight is 411 g/mol. The molecule has 3 N–H and O–H groups in total. The second-order valence-electron chi connectivity index (χ2n) is 6.16. The molecule has 1 atom stereocenters. The van der Waals surface area contributed by atoms with Gasteiger partial charge in [-0.3, -0.25) is 4.99 Å². The third-order valence-corrected chi connectivity index (χ3v) is 4.10. The predicted octanol–water partition coefficient (Wildman–Crippen LogP) is 3.15. The molecule has 1 rings (SSSR count). The molecule has 0 heterocycles. The Kier molecular flexibility index (Phi) is 12.5. The van der Waals surface area contributed by atoms with Gasteiger partial charge >= 0.3 is 0 Å². The van der Waals surface area contributed by atoms with E-state index >= 15 is 0 Å². The molecule has 0 bridgehead atoms. The first kappa shape index (κ1) is 21.0. The van der Waals surface area contributed by atoms with Crippen molar-refractivity contribution in [2.24, 2.45) is 16.8 Å². The maximum absolute atomic E-state index is 9.07. The van der Waals surface area contributed by atoms with E-state index in [1.165, 1.54) is 38.5 Å². The Balaban J connectivity index is 0.00000400. The second kappa shape index (κ2) is 12.5. The van der Waals surface area contributed by atoms with Crippen LogP contribution in [-0.2, 0) is 0 Å². The van der Waals surface area contributed by atoms with Crippen molar-refractivity contribution in [3.63, 3.8) is 0 Å². The predicted molar refractivity (Wildman–Crippen MR) is 101 cm³/mol. The van der Waals surface area contributed by atoms with E-state index in [-0.39, 0.29) is 36.5 Å². The Morgan fingerprint density at radius 1 is 1.24 bits per heavy atom. The van der Waals surface area contributed by atoms with Gasteiger partial charge in [0.15, 0.2) is 5.96 Å². The number of rotatable bonds is 7. The molecular formula is C16H34IN3O. The Hall–Kier alpha value is -0.0400. The molecule has 4 nitrogen and oxygen atoms in total. The third kappa shape index (κ3) is 8.86. The van der Waals surface area contributed by atoms with Gasteiger partial charge in [0.1, 0.15) is 0 Å². The van der Waals surface area contributed by atoms with E-state index in [0.717, 1.165) is 18.4 Å². The van der Waals surface area contributed by atoms with Gasteiger partial charge in [-0.15, -0.1) is 24.0 Å². The van der Waals surface area contributed by atoms with Crippen molar-refractivity contribution in [1.29, 1.82) is 0 Å². The first-order valence-corrected chi connectivity index (χ1v) is 8.35. The minimum absolute atomic E-state index is 0. The maximum atomic E-state index is 9.07. The van der Waals surface area contributed by atoms with Crippen molar-refractivity contribution in [2.75, 3.05) is 19.7 Å². The smallest absolute Gasteiger partial charge is 0.191 e. The lowest BCUT2D eigenvalue weighted by molar-refractivity contribution is 0.241. The largest absolute Gasteiger partial charge is 0.396 e. The van der Waals surface area contributed by atoms with Crippen molar-refractivity contribution in [1.82, 2.24) is 10.6 Å². The Labute approximate surface area is 147 Å². The lowest BCUT2D eigenvalue weighted by Crippen LogP contribution is -2.45. The molecule has 0 amide bonds. The zero-order valence-electron chi connectivity index (χ0n) is 13.9. The summed E-state index contributed by atoms with van der Waals surface area (Å²) in [6.45, 7) is 8.14. The first-order chi connectivity index (χ1) is 9.69. The fourth-order valence-electron chi connectivity index (χ4n) is 2.82. The molecular weight excluding hydrogens is 377 g/mol. The molecule has 0 spiro atoms. The second-order valence-corrected chi connectivity index (χ2v) is 6.16. The fourth-order valence-corrected chi connectivity index (χ4v) is 2.82. The quantitative estimate of drug-likeness (QED) is 0.343. The van der Waals surface area contributed by atoms with E-state index in [9.17, 15) is 0 Å². The van der Waals surface area contributed by atoms with Crippen LogP contribution >= 0.6 is 24.0 Å². The molecule has 0 aromatic heterocycles. The van der Waals surface area contributed by atoms with Gasteiger partial charge in [-0.25, -0.2) is 0 Å². The van der Waals surface area contributed by atoms with Crippen molar-refractivity contribution in [2.45, 2.75) is 65.3 Å².